The Kier molecular flexibility index (Phi) is 7.76. The molecule has 7 nitrogen and oxygen atoms in total. The van der Waals surface area contributed by atoms with Crippen molar-refractivity contribution in [2.45, 2.75) is 44.8 Å². The first kappa shape index (κ1) is 27.9. The number of sulfonamides is 1. The van der Waals surface area contributed by atoms with Crippen molar-refractivity contribution in [3.05, 3.63) is 59.5 Å². The van der Waals surface area contributed by atoms with E-state index >= 15 is 4.39 Å². The van der Waals surface area contributed by atoms with E-state index in [0.29, 0.717) is 36.1 Å². The van der Waals surface area contributed by atoms with Crippen LogP contribution in [0.15, 0.2) is 42.6 Å². The highest BCUT2D eigenvalue weighted by molar-refractivity contribution is 7.92. The topological polar surface area (TPSA) is 87.7 Å². The maximum absolute atomic E-state index is 15.4. The Morgan fingerprint density at radius 1 is 1.24 bits per heavy atom. The molecule has 38 heavy (non-hydrogen) atoms. The van der Waals surface area contributed by atoms with E-state index in [0.717, 1.165) is 0 Å². The molecule has 210 valence electrons. The summed E-state index contributed by atoms with van der Waals surface area (Å²) in [6.45, 7) is 4.39. The lowest BCUT2D eigenvalue weighted by atomic mass is 9.84. The lowest BCUT2D eigenvalue weighted by Gasteiger charge is -2.32. The smallest absolute Gasteiger partial charge is 0.404 e. The van der Waals surface area contributed by atoms with Crippen LogP contribution in [-0.2, 0) is 14.8 Å². The van der Waals surface area contributed by atoms with Gasteiger partial charge in [0, 0.05) is 33.3 Å². The number of nitrogens with one attached hydrogen (secondary N) is 2. The molecule has 2 aliphatic rings. The van der Waals surface area contributed by atoms with Crippen molar-refractivity contribution in [2.24, 2.45) is 5.92 Å². The molecule has 12 heteroatoms. The lowest BCUT2D eigenvalue weighted by Crippen LogP contribution is -2.46. The van der Waals surface area contributed by atoms with Gasteiger partial charge in [-0.2, -0.15) is 13.2 Å². The molecule has 0 aliphatic carbocycles. The van der Waals surface area contributed by atoms with Crippen LogP contribution in [0.3, 0.4) is 0 Å². The predicted octanol–water partition coefficient (Wildman–Crippen LogP) is 5.72. The van der Waals surface area contributed by atoms with Crippen LogP contribution in [0.1, 0.15) is 46.6 Å². The van der Waals surface area contributed by atoms with E-state index in [1.807, 2.05) is 18.6 Å². The van der Waals surface area contributed by atoms with E-state index in [4.69, 9.17) is 4.74 Å². The molecule has 3 atom stereocenters. The van der Waals surface area contributed by atoms with Crippen molar-refractivity contribution in [1.29, 1.82) is 0 Å². The largest absolute Gasteiger partial charge is 0.454 e. The van der Waals surface area contributed by atoms with E-state index in [9.17, 15) is 26.4 Å². The van der Waals surface area contributed by atoms with Crippen LogP contribution in [0.5, 0.6) is 11.5 Å². The number of carbonyl (C=O) groups excluding carboxylic acids is 1. The third kappa shape index (κ3) is 5.96. The Labute approximate surface area is 221 Å². The van der Waals surface area contributed by atoms with Crippen LogP contribution in [0.25, 0.3) is 5.57 Å². The standard InChI is InChI=1S/C26H29F4N3O4S.2H2/c1-4-15(2)17-6-5-7-22(23(17)27)37-21-9-8-16(32-38(35,36)14-26(28,29)30)12-19(21)20-13-33(3)25(34)24-18(20)10-11-31-24;;/h5-9,12-13,15,18,24,31-32H,4,10-11,14H2,1-3H3;2*1H. The minimum absolute atomic E-state index is 0. The second-order valence-corrected chi connectivity index (χ2v) is 11.3. The maximum atomic E-state index is 15.4. The molecule has 2 heterocycles. The number of halogens is 4. The normalized spacial score (nSPS) is 20.7. The number of hydrogen-bond donors (Lipinski definition) is 2. The zero-order valence-corrected chi connectivity index (χ0v) is 21.9. The number of rotatable bonds is 8. The summed E-state index contributed by atoms with van der Waals surface area (Å²) < 4.78 is 86.0. The van der Waals surface area contributed by atoms with Gasteiger partial charge in [0.05, 0.1) is 6.04 Å². The molecule has 0 radical (unpaired) electrons. The van der Waals surface area contributed by atoms with E-state index in [2.05, 4.69) is 5.32 Å². The van der Waals surface area contributed by atoms with Gasteiger partial charge in [0.25, 0.3) is 0 Å². The lowest BCUT2D eigenvalue weighted by molar-refractivity contribution is -0.130. The second-order valence-electron chi connectivity index (χ2n) is 9.62. The number of carbonyl (C=O) groups is 1. The molecule has 0 spiro atoms. The van der Waals surface area contributed by atoms with E-state index in [1.54, 1.807) is 25.4 Å². The van der Waals surface area contributed by atoms with E-state index in [1.165, 1.54) is 29.2 Å². The fraction of sp³-hybridized carbons (Fsp3) is 0.423. The summed E-state index contributed by atoms with van der Waals surface area (Å²) >= 11 is 0. The van der Waals surface area contributed by atoms with Crippen LogP contribution in [0.4, 0.5) is 23.2 Å². The summed E-state index contributed by atoms with van der Waals surface area (Å²) in [4.78, 5) is 14.1. The summed E-state index contributed by atoms with van der Waals surface area (Å²) in [5, 5.41) is 3.15. The first-order chi connectivity index (χ1) is 17.8. The highest BCUT2D eigenvalue weighted by Gasteiger charge is 2.41. The van der Waals surface area contributed by atoms with Crippen molar-refractivity contribution in [2.75, 3.05) is 24.1 Å². The van der Waals surface area contributed by atoms with Gasteiger partial charge in [-0.15, -0.1) is 0 Å². The van der Waals surface area contributed by atoms with Gasteiger partial charge >= 0.3 is 6.18 Å². The number of hydrogen-bond acceptors (Lipinski definition) is 5. The van der Waals surface area contributed by atoms with Gasteiger partial charge in [-0.25, -0.2) is 12.8 Å². The molecule has 2 aromatic rings. The zero-order valence-electron chi connectivity index (χ0n) is 21.1. The average Bonchev–Trinajstić information content (AvgIpc) is 3.32. The van der Waals surface area contributed by atoms with Gasteiger partial charge in [0.1, 0.15) is 5.75 Å². The molecule has 1 fully saturated rings. The SMILES string of the molecule is CCC(C)c1cccc(Oc2ccc(NS(=O)(=O)CC(F)(F)F)cc2C2=CN(C)C(=O)C3NCCC23)c1F.[HH].[HH]. The van der Waals surface area contributed by atoms with Gasteiger partial charge in [-0.1, -0.05) is 26.0 Å². The minimum Gasteiger partial charge on any atom is -0.454 e. The van der Waals surface area contributed by atoms with Crippen LogP contribution in [0, 0.1) is 11.7 Å². The third-order valence-corrected chi connectivity index (χ3v) is 8.10. The number of ether oxygens (including phenoxy) is 1. The number of fused-ring (bicyclic) bond motifs is 1. The Hall–Kier alpha value is -3.12. The summed E-state index contributed by atoms with van der Waals surface area (Å²) in [6, 6.07) is 8.28. The molecule has 0 bridgehead atoms. The Balaban J connectivity index is 0.00000280. The molecule has 2 N–H and O–H groups in total. The van der Waals surface area contributed by atoms with Crippen LogP contribution < -0.4 is 14.8 Å². The predicted molar refractivity (Wildman–Crippen MR) is 140 cm³/mol. The van der Waals surface area contributed by atoms with Crippen LogP contribution in [0.2, 0.25) is 0 Å². The molecule has 1 saturated heterocycles. The fourth-order valence-corrected chi connectivity index (χ4v) is 5.81. The maximum Gasteiger partial charge on any atom is 0.404 e. The number of benzene rings is 2. The summed E-state index contributed by atoms with van der Waals surface area (Å²) in [5.74, 6) is -2.95. The first-order valence-electron chi connectivity index (χ1n) is 12.2. The van der Waals surface area contributed by atoms with Crippen LogP contribution >= 0.6 is 0 Å². The molecular weight excluding hydrogens is 526 g/mol. The Morgan fingerprint density at radius 3 is 2.66 bits per heavy atom. The fourth-order valence-electron chi connectivity index (χ4n) is 4.82. The average molecular weight is 560 g/mol. The molecule has 1 amide bonds. The molecule has 0 saturated carbocycles. The summed E-state index contributed by atoms with van der Waals surface area (Å²) in [6.07, 6.45) is -2.02. The number of alkyl halides is 3. The first-order valence-corrected chi connectivity index (χ1v) is 13.8. The summed E-state index contributed by atoms with van der Waals surface area (Å²) in [7, 11) is -3.17. The van der Waals surface area contributed by atoms with Crippen molar-refractivity contribution in [1.82, 2.24) is 10.2 Å². The van der Waals surface area contributed by atoms with Crippen molar-refractivity contribution < 1.29 is 38.4 Å². The van der Waals surface area contributed by atoms with E-state index in [-0.39, 0.29) is 37.8 Å². The van der Waals surface area contributed by atoms with Crippen molar-refractivity contribution in [3.63, 3.8) is 0 Å². The number of nitrogens with zero attached hydrogens (tertiary/aromatic N) is 1. The molecule has 4 rings (SSSR count). The van der Waals surface area contributed by atoms with Gasteiger partial charge in [-0.3, -0.25) is 9.52 Å². The van der Waals surface area contributed by atoms with Gasteiger partial charge < -0.3 is 15.0 Å². The van der Waals surface area contributed by atoms with E-state index < -0.39 is 33.8 Å². The Bertz CT molecular complexity index is 1370. The monoisotopic (exact) mass is 559 g/mol. The molecule has 0 aromatic heterocycles. The molecule has 2 aromatic carbocycles. The van der Waals surface area contributed by atoms with Crippen molar-refractivity contribution >= 4 is 27.2 Å². The van der Waals surface area contributed by atoms with Crippen LogP contribution in [-0.4, -0.2) is 50.8 Å². The van der Waals surface area contributed by atoms with Crippen molar-refractivity contribution in [3.8, 4) is 11.5 Å². The number of likely N-dealkylation sites (N-methyl/N-ethyl adjacent to an activating group) is 1. The number of amides is 1. The summed E-state index contributed by atoms with van der Waals surface area (Å²) in [5.41, 5.74) is 1.31. The highest BCUT2D eigenvalue weighted by Crippen LogP contribution is 2.43. The quantitative estimate of drug-likeness (QED) is 0.404. The second kappa shape index (κ2) is 10.6. The molecular formula is C26H33F4N3O4S. The zero-order chi connectivity index (χ0) is 27.8. The Morgan fingerprint density at radius 2 is 1.97 bits per heavy atom. The third-order valence-electron chi connectivity index (χ3n) is 6.84. The minimum atomic E-state index is -4.92. The highest BCUT2D eigenvalue weighted by atomic mass is 32.2. The molecule has 3 unspecified atom stereocenters. The van der Waals surface area contributed by atoms with Gasteiger partial charge in [0.15, 0.2) is 17.3 Å². The number of anilines is 1. The van der Waals surface area contributed by atoms with Gasteiger partial charge in [-0.05, 0) is 60.7 Å². The molecule has 2 aliphatic heterocycles. The van der Waals surface area contributed by atoms with Gasteiger partial charge in [0.2, 0.25) is 15.9 Å².